The maximum Gasteiger partial charge on any atom is 0.341 e. The summed E-state index contributed by atoms with van der Waals surface area (Å²) >= 11 is 5.53. The lowest BCUT2D eigenvalue weighted by Crippen LogP contribution is -2.01. The van der Waals surface area contributed by atoms with Crippen LogP contribution in [0.5, 0.6) is 5.75 Å². The van der Waals surface area contributed by atoms with Crippen LogP contribution in [0.4, 0.5) is 0 Å². The number of hydrogen-bond acceptors (Lipinski definition) is 3. The van der Waals surface area contributed by atoms with Gasteiger partial charge in [0.25, 0.3) is 0 Å². The number of aromatic hydroxyl groups is 1. The highest BCUT2D eigenvalue weighted by Crippen LogP contribution is 2.26. The molecule has 1 radical (unpaired) electrons. The fourth-order valence-corrected chi connectivity index (χ4v) is 0.894. The molecule has 0 unspecified atom stereocenters. The summed E-state index contributed by atoms with van der Waals surface area (Å²) in [5.74, 6) is -0.909. The maximum atomic E-state index is 10.9. The molecule has 1 N–H and O–H groups in total. The fraction of sp³-hybridized carbons (Fsp3) is 0.125. The Kier molecular flexibility index (Phi) is 2.55. The van der Waals surface area contributed by atoms with Gasteiger partial charge < -0.3 is 9.84 Å². The summed E-state index contributed by atoms with van der Waals surface area (Å²) in [6, 6.07) is 5.27. The minimum absolute atomic E-state index is 0.0185. The van der Waals surface area contributed by atoms with E-state index in [-0.39, 0.29) is 16.3 Å². The van der Waals surface area contributed by atoms with Crippen molar-refractivity contribution in [1.29, 1.82) is 0 Å². The molecule has 1 aromatic carbocycles. The predicted molar refractivity (Wildman–Crippen MR) is 43.3 cm³/mol. The standard InChI is InChI=1S/C8H6ClO3/c1-12-8(11)5-3-2-4-6(9)7(5)10/h3-4,10H,1H3. The second-order valence-corrected chi connectivity index (χ2v) is 2.46. The molecule has 0 fully saturated rings. The lowest BCUT2D eigenvalue weighted by atomic mass is 10.2. The van der Waals surface area contributed by atoms with E-state index in [1.54, 1.807) is 0 Å². The number of methoxy groups -OCH3 is 1. The average molecular weight is 186 g/mol. The third-order valence-corrected chi connectivity index (χ3v) is 1.61. The van der Waals surface area contributed by atoms with Crippen LogP contribution in [0.1, 0.15) is 10.4 Å². The molecule has 4 heteroatoms. The van der Waals surface area contributed by atoms with Crippen molar-refractivity contribution in [3.63, 3.8) is 0 Å². The molecular weight excluding hydrogens is 180 g/mol. The number of phenolic OH excluding ortho intramolecular Hbond substituents is 1. The summed E-state index contributed by atoms with van der Waals surface area (Å²) in [6.45, 7) is 0. The molecule has 0 atom stereocenters. The van der Waals surface area contributed by atoms with Crippen LogP contribution in [-0.4, -0.2) is 18.2 Å². The lowest BCUT2D eigenvalue weighted by molar-refractivity contribution is 0.0597. The van der Waals surface area contributed by atoms with Gasteiger partial charge in [-0.2, -0.15) is 0 Å². The summed E-state index contributed by atoms with van der Waals surface area (Å²) in [5, 5.41) is 9.33. The van der Waals surface area contributed by atoms with E-state index >= 15 is 0 Å². The van der Waals surface area contributed by atoms with E-state index in [9.17, 15) is 9.90 Å². The number of ether oxygens (including phenoxy) is 1. The summed E-state index contributed by atoms with van der Waals surface area (Å²) < 4.78 is 4.39. The van der Waals surface area contributed by atoms with E-state index in [1.165, 1.54) is 19.2 Å². The highest BCUT2D eigenvalue weighted by molar-refractivity contribution is 6.32. The first kappa shape index (κ1) is 8.87. The third-order valence-electron chi connectivity index (χ3n) is 1.32. The number of carbonyl (C=O) groups excluding carboxylic acids is 1. The Labute approximate surface area is 74.5 Å². The van der Waals surface area contributed by atoms with Crippen molar-refractivity contribution in [1.82, 2.24) is 0 Å². The van der Waals surface area contributed by atoms with Gasteiger partial charge in [-0.1, -0.05) is 11.6 Å². The molecular formula is C8H6ClO3. The molecule has 0 saturated carbocycles. The number of benzene rings is 1. The van der Waals surface area contributed by atoms with E-state index in [2.05, 4.69) is 10.8 Å². The van der Waals surface area contributed by atoms with Crippen LogP contribution in [0.15, 0.2) is 12.1 Å². The Hall–Kier alpha value is -1.22. The second-order valence-electron chi connectivity index (χ2n) is 2.06. The van der Waals surface area contributed by atoms with Crippen LogP contribution in [0.25, 0.3) is 0 Å². The normalized spacial score (nSPS) is 9.50. The van der Waals surface area contributed by atoms with E-state index in [4.69, 9.17) is 11.6 Å². The molecule has 0 heterocycles. The van der Waals surface area contributed by atoms with Gasteiger partial charge in [0, 0.05) is 0 Å². The predicted octanol–water partition coefficient (Wildman–Crippen LogP) is 1.63. The van der Waals surface area contributed by atoms with E-state index in [0.717, 1.165) is 0 Å². The van der Waals surface area contributed by atoms with Gasteiger partial charge in [-0.3, -0.25) is 0 Å². The molecule has 63 valence electrons. The van der Waals surface area contributed by atoms with E-state index in [1.807, 2.05) is 0 Å². The summed E-state index contributed by atoms with van der Waals surface area (Å²) in [6.07, 6.45) is 0. The van der Waals surface area contributed by atoms with Gasteiger partial charge in [0.05, 0.1) is 12.1 Å². The Morgan fingerprint density at radius 2 is 2.33 bits per heavy atom. The quantitative estimate of drug-likeness (QED) is 0.677. The van der Waals surface area contributed by atoms with Crippen molar-refractivity contribution in [3.05, 3.63) is 28.8 Å². The fourth-order valence-electron chi connectivity index (χ4n) is 0.729. The minimum atomic E-state index is -0.633. The number of phenols is 1. The average Bonchev–Trinajstić information content (AvgIpc) is 2.08. The van der Waals surface area contributed by atoms with Crippen LogP contribution in [0, 0.1) is 6.07 Å². The van der Waals surface area contributed by atoms with E-state index in [0.29, 0.717) is 0 Å². The zero-order valence-corrected chi connectivity index (χ0v) is 7.05. The molecule has 0 aromatic heterocycles. The molecule has 3 nitrogen and oxygen atoms in total. The van der Waals surface area contributed by atoms with Crippen LogP contribution >= 0.6 is 11.6 Å². The van der Waals surface area contributed by atoms with Crippen LogP contribution in [-0.2, 0) is 4.74 Å². The molecule has 0 amide bonds. The lowest BCUT2D eigenvalue weighted by Gasteiger charge is -2.02. The molecule has 0 aliphatic heterocycles. The number of carbonyl (C=O) groups is 1. The van der Waals surface area contributed by atoms with Crippen LogP contribution in [0.3, 0.4) is 0 Å². The smallest absolute Gasteiger partial charge is 0.341 e. The highest BCUT2D eigenvalue weighted by atomic mass is 35.5. The minimum Gasteiger partial charge on any atom is -0.505 e. The molecule has 0 aliphatic carbocycles. The van der Waals surface area contributed by atoms with Gasteiger partial charge >= 0.3 is 5.97 Å². The highest BCUT2D eigenvalue weighted by Gasteiger charge is 2.12. The topological polar surface area (TPSA) is 46.5 Å². The number of hydrogen-bond donors (Lipinski definition) is 1. The Morgan fingerprint density at radius 3 is 2.92 bits per heavy atom. The molecule has 12 heavy (non-hydrogen) atoms. The third kappa shape index (κ3) is 1.51. The SMILES string of the molecule is COC(=O)c1c[c]cc(Cl)c1O. The second kappa shape index (κ2) is 3.45. The summed E-state index contributed by atoms with van der Waals surface area (Å²) in [7, 11) is 1.22. The number of esters is 1. The van der Waals surface area contributed by atoms with Crippen molar-refractivity contribution in [2.24, 2.45) is 0 Å². The number of rotatable bonds is 1. The first-order valence-electron chi connectivity index (χ1n) is 3.13. The van der Waals surface area contributed by atoms with Crippen molar-refractivity contribution in [3.8, 4) is 5.75 Å². The Morgan fingerprint density at radius 1 is 1.67 bits per heavy atom. The van der Waals surface area contributed by atoms with Gasteiger partial charge in [0.2, 0.25) is 0 Å². The Bertz CT molecular complexity index is 309. The molecule has 1 aromatic rings. The first-order chi connectivity index (χ1) is 5.66. The molecule has 0 spiro atoms. The van der Waals surface area contributed by atoms with Crippen molar-refractivity contribution in [2.45, 2.75) is 0 Å². The molecule has 1 rings (SSSR count). The molecule has 0 bridgehead atoms. The Balaban J connectivity index is 3.16. The van der Waals surface area contributed by atoms with Crippen LogP contribution < -0.4 is 0 Å². The zero-order valence-electron chi connectivity index (χ0n) is 6.30. The molecule has 0 aliphatic rings. The zero-order chi connectivity index (χ0) is 9.14. The summed E-state index contributed by atoms with van der Waals surface area (Å²) in [5.41, 5.74) is 0.0185. The van der Waals surface area contributed by atoms with Gasteiger partial charge in [-0.05, 0) is 18.2 Å². The monoisotopic (exact) mass is 185 g/mol. The van der Waals surface area contributed by atoms with Crippen molar-refractivity contribution >= 4 is 17.6 Å². The molecule has 0 saturated heterocycles. The summed E-state index contributed by atoms with van der Waals surface area (Å²) in [4.78, 5) is 10.9. The van der Waals surface area contributed by atoms with Crippen molar-refractivity contribution in [2.75, 3.05) is 7.11 Å². The van der Waals surface area contributed by atoms with Gasteiger partial charge in [-0.15, -0.1) is 0 Å². The number of halogens is 1. The van der Waals surface area contributed by atoms with Gasteiger partial charge in [-0.25, -0.2) is 4.79 Å². The first-order valence-corrected chi connectivity index (χ1v) is 3.51. The van der Waals surface area contributed by atoms with E-state index < -0.39 is 5.97 Å². The maximum absolute atomic E-state index is 10.9. The van der Waals surface area contributed by atoms with Crippen molar-refractivity contribution < 1.29 is 14.6 Å². The van der Waals surface area contributed by atoms with Crippen LogP contribution in [0.2, 0.25) is 5.02 Å². The largest absolute Gasteiger partial charge is 0.505 e. The van der Waals surface area contributed by atoms with Gasteiger partial charge in [0.15, 0.2) is 0 Å². The van der Waals surface area contributed by atoms with Gasteiger partial charge in [0.1, 0.15) is 11.3 Å².